The number of hydrogen-bond donors (Lipinski definition) is 0. The fourth-order valence-corrected chi connectivity index (χ4v) is 15.3. The fourth-order valence-electron chi connectivity index (χ4n) is 5.80. The molecule has 7 rings (SSSR count). The molecule has 0 radical (unpaired) electrons. The maximum Gasteiger partial charge on any atom is 0.460 e. The zero-order valence-corrected chi connectivity index (χ0v) is 33.7. The highest BCUT2D eigenvalue weighted by atomic mass is 31.3. The van der Waals surface area contributed by atoms with Gasteiger partial charge >= 0.3 is 23.0 Å². The smallest absolute Gasteiger partial charge is 0.413 e. The van der Waals surface area contributed by atoms with E-state index in [0.717, 1.165) is 33.4 Å². The second kappa shape index (κ2) is 15.7. The zero-order chi connectivity index (χ0) is 37.8. The van der Waals surface area contributed by atoms with Crippen LogP contribution in [-0.2, 0) is 0 Å². The Morgan fingerprint density at radius 1 is 0.278 bits per heavy atom. The Kier molecular flexibility index (Phi) is 10.8. The molecule has 0 fully saturated rings. The van der Waals surface area contributed by atoms with Crippen LogP contribution in [0.1, 0.15) is 33.4 Å². The fraction of sp³-hybridized carbons (Fsp3) is 0.143. The summed E-state index contributed by atoms with van der Waals surface area (Å²) in [6.07, 6.45) is 0. The van der Waals surface area contributed by atoms with Crippen molar-refractivity contribution in [3.63, 3.8) is 0 Å². The van der Waals surface area contributed by atoms with Crippen LogP contribution in [0.5, 0.6) is 34.5 Å². The number of aryl methyl sites for hydroxylation is 6. The van der Waals surface area contributed by atoms with Gasteiger partial charge in [0.2, 0.25) is 0 Å². The normalized spacial score (nSPS) is 20.3. The van der Waals surface area contributed by atoms with Crippen molar-refractivity contribution >= 4 is 23.0 Å². The predicted molar refractivity (Wildman–Crippen MR) is 219 cm³/mol. The van der Waals surface area contributed by atoms with Crippen molar-refractivity contribution < 1.29 is 27.1 Å². The lowest BCUT2D eigenvalue weighted by molar-refractivity contribution is 0.439. The van der Waals surface area contributed by atoms with E-state index in [0.29, 0.717) is 34.5 Å². The van der Waals surface area contributed by atoms with Crippen molar-refractivity contribution in [2.24, 2.45) is 13.5 Å². The van der Waals surface area contributed by atoms with Gasteiger partial charge in [-0.2, -0.15) is 0 Å². The summed E-state index contributed by atoms with van der Waals surface area (Å²) in [5.41, 5.74) is 5.20. The molecule has 6 aromatic carbocycles. The van der Waals surface area contributed by atoms with Gasteiger partial charge in [-0.3, -0.25) is 0 Å². The average Bonchev–Trinajstić information content (AvgIpc) is 3.14. The second-order valence-corrected chi connectivity index (χ2v) is 19.1. The number of nitrogens with zero attached hydrogens (tertiary/aromatic N) is 3. The molecule has 1 aliphatic heterocycles. The molecule has 6 aromatic rings. The van der Waals surface area contributed by atoms with E-state index in [1.165, 1.54) is 0 Å². The van der Waals surface area contributed by atoms with E-state index in [-0.39, 0.29) is 0 Å². The van der Waals surface area contributed by atoms with Crippen LogP contribution in [0.2, 0.25) is 0 Å². The predicted octanol–water partition coefficient (Wildman–Crippen LogP) is 14.2. The van der Waals surface area contributed by atoms with Gasteiger partial charge in [-0.05, 0) is 111 Å². The van der Waals surface area contributed by atoms with Gasteiger partial charge in [0.1, 0.15) is 34.5 Å². The molecule has 12 heteroatoms. The largest absolute Gasteiger partial charge is 0.460 e. The van der Waals surface area contributed by atoms with Gasteiger partial charge in [0.05, 0.1) is 0 Å². The van der Waals surface area contributed by atoms with E-state index >= 15 is 0 Å². The first-order valence-corrected chi connectivity index (χ1v) is 22.1. The third kappa shape index (κ3) is 8.30. The highest BCUT2D eigenvalue weighted by molar-refractivity contribution is 7.79. The van der Waals surface area contributed by atoms with E-state index in [9.17, 15) is 0 Å². The van der Waals surface area contributed by atoms with Gasteiger partial charge in [0, 0.05) is 0 Å². The van der Waals surface area contributed by atoms with Crippen LogP contribution in [0.3, 0.4) is 0 Å². The molecule has 0 aliphatic carbocycles. The first-order chi connectivity index (χ1) is 26.1. The van der Waals surface area contributed by atoms with Crippen LogP contribution < -0.4 is 27.1 Å². The van der Waals surface area contributed by atoms with Crippen molar-refractivity contribution in [2.45, 2.75) is 41.5 Å². The molecular weight excluding hydrogens is 735 g/mol. The number of para-hydroxylation sites is 6. The van der Waals surface area contributed by atoms with Gasteiger partial charge in [-0.1, -0.05) is 123 Å². The molecule has 1 heterocycles. The Balaban J connectivity index is 1.63. The summed E-state index contributed by atoms with van der Waals surface area (Å²) in [6, 6.07) is 45.8. The van der Waals surface area contributed by atoms with E-state index in [1.807, 2.05) is 187 Å². The molecule has 0 saturated carbocycles. The van der Waals surface area contributed by atoms with E-state index in [4.69, 9.17) is 40.7 Å². The first kappa shape index (κ1) is 37.1. The molecule has 9 nitrogen and oxygen atoms in total. The van der Waals surface area contributed by atoms with Crippen LogP contribution >= 0.6 is 23.0 Å². The molecular formula is C42H42N3O6P3. The summed E-state index contributed by atoms with van der Waals surface area (Å²) in [7, 11) is -12.0. The van der Waals surface area contributed by atoms with Crippen LogP contribution in [0, 0.1) is 41.5 Å². The van der Waals surface area contributed by atoms with Crippen LogP contribution in [0.15, 0.2) is 159 Å². The minimum Gasteiger partial charge on any atom is -0.413 e. The van der Waals surface area contributed by atoms with Crippen molar-refractivity contribution in [1.29, 1.82) is 0 Å². The molecule has 0 N–H and O–H groups in total. The molecule has 0 amide bonds. The van der Waals surface area contributed by atoms with Gasteiger partial charge in [-0.15, -0.1) is 0 Å². The van der Waals surface area contributed by atoms with Gasteiger partial charge < -0.3 is 27.1 Å². The highest BCUT2D eigenvalue weighted by Gasteiger charge is 2.49. The minimum atomic E-state index is -3.98. The van der Waals surface area contributed by atoms with Crippen LogP contribution in [-0.4, -0.2) is 0 Å². The third-order valence-corrected chi connectivity index (χ3v) is 16.5. The van der Waals surface area contributed by atoms with E-state index in [2.05, 4.69) is 0 Å². The van der Waals surface area contributed by atoms with Crippen molar-refractivity contribution in [1.82, 2.24) is 0 Å². The van der Waals surface area contributed by atoms with Crippen LogP contribution in [0.25, 0.3) is 0 Å². The second-order valence-electron chi connectivity index (χ2n) is 12.9. The molecule has 0 saturated heterocycles. The summed E-state index contributed by atoms with van der Waals surface area (Å²) in [6.45, 7) is 11.8. The van der Waals surface area contributed by atoms with E-state index in [1.54, 1.807) is 0 Å². The molecule has 0 bridgehead atoms. The number of benzene rings is 6. The number of rotatable bonds is 12. The SMILES string of the molecule is Cc1cccc(C)c1OP1(Oc2ccccc2)=NP(Oc2ccccc2)(Oc2c(C)cccc2C)=NP(Oc2ccccc2)(Oc2c(C)cccc2C)=N1. The molecule has 0 atom stereocenters. The standard InChI is InChI=1S/C42H42N3O6P3/c1-31-19-16-20-32(2)40(31)49-52(46-37-25-10-7-11-26-37)43-53(47-38-27-12-8-13-28-38,50-41-33(3)21-17-22-34(41)4)45-54(44-52,48-39-29-14-9-15-30-39)51-42-35(5)23-18-24-36(42)6/h7-30H,1-6H3. The summed E-state index contributed by atoms with van der Waals surface area (Å²) >= 11 is 0. The monoisotopic (exact) mass is 777 g/mol. The Labute approximate surface area is 317 Å². The molecule has 0 spiro atoms. The lowest BCUT2D eigenvalue weighted by Crippen LogP contribution is -2.12. The maximum atomic E-state index is 7.12. The van der Waals surface area contributed by atoms with Crippen LogP contribution in [0.4, 0.5) is 0 Å². The highest BCUT2D eigenvalue weighted by Crippen LogP contribution is 2.79. The van der Waals surface area contributed by atoms with Gasteiger partial charge in [0.25, 0.3) is 0 Å². The lowest BCUT2D eigenvalue weighted by Gasteiger charge is -2.34. The minimum absolute atomic E-state index is 0.473. The summed E-state index contributed by atoms with van der Waals surface area (Å²) in [4.78, 5) is 0. The summed E-state index contributed by atoms with van der Waals surface area (Å²) in [5, 5.41) is 0. The summed E-state index contributed by atoms with van der Waals surface area (Å²) in [5.74, 6) is 3.10. The molecule has 1 aliphatic rings. The molecule has 0 unspecified atom stereocenters. The zero-order valence-electron chi connectivity index (χ0n) is 31.0. The van der Waals surface area contributed by atoms with Gasteiger partial charge in [0.15, 0.2) is 0 Å². The topological polar surface area (TPSA) is 92.5 Å². The summed E-state index contributed by atoms with van der Waals surface area (Å²) < 4.78 is 58.4. The average molecular weight is 778 g/mol. The van der Waals surface area contributed by atoms with Crippen molar-refractivity contribution in [3.8, 4) is 34.5 Å². The molecule has 54 heavy (non-hydrogen) atoms. The Hall–Kier alpha value is -5.19. The Bertz CT molecular complexity index is 2110. The first-order valence-electron chi connectivity index (χ1n) is 17.5. The Morgan fingerprint density at radius 2 is 0.500 bits per heavy atom. The molecule has 276 valence electrons. The maximum absolute atomic E-state index is 7.12. The lowest BCUT2D eigenvalue weighted by atomic mass is 10.1. The number of hydrogen-bond acceptors (Lipinski definition) is 9. The quantitative estimate of drug-likeness (QED) is 0.115. The Morgan fingerprint density at radius 3 is 0.722 bits per heavy atom. The third-order valence-electron chi connectivity index (χ3n) is 8.44. The van der Waals surface area contributed by atoms with Gasteiger partial charge in [-0.25, -0.2) is 0 Å². The molecule has 0 aromatic heterocycles. The van der Waals surface area contributed by atoms with Crippen molar-refractivity contribution in [2.75, 3.05) is 0 Å². The van der Waals surface area contributed by atoms with Crippen molar-refractivity contribution in [3.05, 3.63) is 179 Å². The van der Waals surface area contributed by atoms with E-state index < -0.39 is 23.0 Å².